The molecule has 0 fully saturated rings. The van der Waals surface area contributed by atoms with Crippen molar-refractivity contribution in [3.8, 4) is 22.6 Å². The van der Waals surface area contributed by atoms with E-state index in [9.17, 15) is 14.4 Å². The number of pyridine rings is 1. The Morgan fingerprint density at radius 2 is 1.07 bits per heavy atom. The van der Waals surface area contributed by atoms with Crippen LogP contribution < -0.4 is 5.56 Å². The van der Waals surface area contributed by atoms with Crippen LogP contribution in [0.15, 0.2) is 114 Å². The minimum absolute atomic E-state index is 0.261. The normalized spacial score (nSPS) is 13.2. The highest BCUT2D eigenvalue weighted by Gasteiger charge is 2.43. The van der Waals surface area contributed by atoms with E-state index < -0.39 is 5.92 Å². The van der Waals surface area contributed by atoms with Crippen molar-refractivity contribution in [3.05, 3.63) is 153 Å². The third-order valence-electron chi connectivity index (χ3n) is 8.26. The van der Waals surface area contributed by atoms with Crippen LogP contribution in [0.2, 0.25) is 0 Å². The van der Waals surface area contributed by atoms with Gasteiger partial charge in [-0.3, -0.25) is 19.0 Å². The molecule has 0 N–H and O–H groups in total. The fraction of sp³-hybridized carbons (Fsp3) is 0.108. The molecule has 0 saturated heterocycles. The second-order valence-corrected chi connectivity index (χ2v) is 11.0. The topological polar surface area (TPSA) is 61.1 Å². The highest BCUT2D eigenvalue weighted by atomic mass is 16.2. The monoisotopic (exact) mass is 548 g/mol. The van der Waals surface area contributed by atoms with Gasteiger partial charge >= 0.3 is 0 Å². The van der Waals surface area contributed by atoms with Crippen LogP contribution in [0.3, 0.4) is 0 Å². The SMILES string of the molecule is Cc1ccc(-n2c(C)cc3c(c(C4C(=O)c5ccccc5C4=O)c(-c4ccccc4)n3-c3ccc(C)cc3)c2=O)cc1. The fourth-order valence-corrected chi connectivity index (χ4v) is 6.25. The van der Waals surface area contributed by atoms with Crippen molar-refractivity contribution >= 4 is 22.5 Å². The van der Waals surface area contributed by atoms with Crippen molar-refractivity contribution in [2.24, 2.45) is 0 Å². The average molecular weight is 549 g/mol. The number of aryl methyl sites for hydroxylation is 3. The summed E-state index contributed by atoms with van der Waals surface area (Å²) in [5.41, 5.74) is 7.65. The quantitative estimate of drug-likeness (QED) is 0.214. The van der Waals surface area contributed by atoms with Gasteiger partial charge in [-0.25, -0.2) is 0 Å². The summed E-state index contributed by atoms with van der Waals surface area (Å²) in [7, 11) is 0. The van der Waals surface area contributed by atoms with E-state index >= 15 is 0 Å². The molecule has 7 rings (SSSR count). The van der Waals surface area contributed by atoms with E-state index in [-0.39, 0.29) is 17.1 Å². The molecule has 4 aromatic carbocycles. The molecule has 0 aliphatic heterocycles. The summed E-state index contributed by atoms with van der Waals surface area (Å²) in [6.07, 6.45) is 0. The van der Waals surface area contributed by atoms with Crippen LogP contribution in [0.4, 0.5) is 0 Å². The average Bonchev–Trinajstić information content (AvgIpc) is 3.46. The smallest absolute Gasteiger partial charge is 0.265 e. The van der Waals surface area contributed by atoms with Crippen molar-refractivity contribution in [2.75, 3.05) is 0 Å². The molecule has 0 saturated carbocycles. The predicted octanol–water partition coefficient (Wildman–Crippen LogP) is 7.54. The Balaban J connectivity index is 1.67. The van der Waals surface area contributed by atoms with E-state index in [1.54, 1.807) is 28.8 Å². The number of fused-ring (bicyclic) bond motifs is 2. The number of nitrogens with zero attached hydrogens (tertiary/aromatic N) is 2. The highest BCUT2D eigenvalue weighted by molar-refractivity contribution is 6.31. The number of carbonyl (C=O) groups excluding carboxylic acids is 2. The lowest BCUT2D eigenvalue weighted by Gasteiger charge is -2.15. The third-order valence-corrected chi connectivity index (χ3v) is 8.26. The van der Waals surface area contributed by atoms with Crippen molar-refractivity contribution in [2.45, 2.75) is 26.7 Å². The van der Waals surface area contributed by atoms with E-state index in [1.165, 1.54) is 0 Å². The maximum atomic E-state index is 14.7. The number of hydrogen-bond donors (Lipinski definition) is 0. The second kappa shape index (κ2) is 9.67. The molecular weight excluding hydrogens is 520 g/mol. The fourth-order valence-electron chi connectivity index (χ4n) is 6.25. The lowest BCUT2D eigenvalue weighted by atomic mass is 9.89. The third kappa shape index (κ3) is 3.81. The number of aromatic nitrogens is 2. The van der Waals surface area contributed by atoms with Crippen molar-refractivity contribution < 1.29 is 9.59 Å². The maximum absolute atomic E-state index is 14.7. The summed E-state index contributed by atoms with van der Waals surface area (Å²) in [6.45, 7) is 5.94. The molecule has 0 amide bonds. The molecule has 2 heterocycles. The number of benzene rings is 4. The molecule has 5 heteroatoms. The van der Waals surface area contributed by atoms with Crippen LogP contribution >= 0.6 is 0 Å². The van der Waals surface area contributed by atoms with Crippen LogP contribution in [0, 0.1) is 20.8 Å². The summed E-state index contributed by atoms with van der Waals surface area (Å²) < 4.78 is 3.72. The number of rotatable bonds is 4. The molecule has 0 bridgehead atoms. The summed E-state index contributed by atoms with van der Waals surface area (Å²) in [5, 5.41) is 0.375. The Hall–Kier alpha value is -5.29. The molecule has 0 atom stereocenters. The molecule has 2 aromatic heterocycles. The zero-order chi connectivity index (χ0) is 29.1. The van der Waals surface area contributed by atoms with Crippen molar-refractivity contribution in [1.29, 1.82) is 0 Å². The number of ketones is 2. The summed E-state index contributed by atoms with van der Waals surface area (Å²) in [4.78, 5) is 42.8. The first-order chi connectivity index (χ1) is 20.3. The molecule has 0 unspecified atom stereocenters. The molecule has 1 aliphatic rings. The van der Waals surface area contributed by atoms with Gasteiger partial charge in [0.1, 0.15) is 5.92 Å². The summed E-state index contributed by atoms with van der Waals surface area (Å²) >= 11 is 0. The van der Waals surface area contributed by atoms with E-state index in [4.69, 9.17) is 0 Å². The highest BCUT2D eigenvalue weighted by Crippen LogP contribution is 2.44. The van der Waals surface area contributed by atoms with Crippen LogP contribution in [0.1, 0.15) is 49.0 Å². The first kappa shape index (κ1) is 25.7. The molecule has 1 aliphatic carbocycles. The molecule has 42 heavy (non-hydrogen) atoms. The molecule has 0 spiro atoms. The summed E-state index contributed by atoms with van der Waals surface area (Å²) in [6, 6.07) is 34.5. The van der Waals surface area contributed by atoms with Crippen LogP contribution in [0.25, 0.3) is 33.5 Å². The molecular formula is C37H28N2O3. The zero-order valence-corrected chi connectivity index (χ0v) is 23.6. The number of Topliss-reactive ketones (excluding diaryl/α,β-unsaturated/α-hetero) is 2. The number of hydrogen-bond acceptors (Lipinski definition) is 3. The van der Waals surface area contributed by atoms with Gasteiger partial charge in [0.25, 0.3) is 5.56 Å². The van der Waals surface area contributed by atoms with Gasteiger partial charge in [0.15, 0.2) is 11.6 Å². The minimum atomic E-state index is -1.13. The van der Waals surface area contributed by atoms with Gasteiger partial charge in [0, 0.05) is 33.8 Å². The zero-order valence-electron chi connectivity index (χ0n) is 23.6. The molecule has 5 nitrogen and oxygen atoms in total. The van der Waals surface area contributed by atoms with Crippen molar-refractivity contribution in [3.63, 3.8) is 0 Å². The maximum Gasteiger partial charge on any atom is 0.265 e. The van der Waals surface area contributed by atoms with Gasteiger partial charge in [-0.2, -0.15) is 0 Å². The van der Waals surface area contributed by atoms with Gasteiger partial charge in [-0.1, -0.05) is 90.0 Å². The largest absolute Gasteiger partial charge is 0.309 e. The van der Waals surface area contributed by atoms with E-state index in [0.717, 1.165) is 33.8 Å². The minimum Gasteiger partial charge on any atom is -0.309 e. The standard InChI is InChI=1S/C37H28N2O3/c1-22-13-17-26(18-14-22)38-24(3)21-30-31(37(38)42)32(33-35(40)28-11-7-8-12-29(28)36(33)41)34(25-9-5-4-6-10-25)39(30)27-19-15-23(2)16-20-27/h4-21,33H,1-3H3. The first-order valence-corrected chi connectivity index (χ1v) is 14.0. The van der Waals surface area contributed by atoms with E-state index in [0.29, 0.717) is 33.3 Å². The summed E-state index contributed by atoms with van der Waals surface area (Å²) in [5.74, 6) is -1.69. The Morgan fingerprint density at radius 1 is 0.571 bits per heavy atom. The van der Waals surface area contributed by atoms with Crippen LogP contribution in [-0.2, 0) is 0 Å². The van der Waals surface area contributed by atoms with E-state index in [2.05, 4.69) is 0 Å². The Kier molecular flexibility index (Phi) is 5.91. The predicted molar refractivity (Wildman–Crippen MR) is 166 cm³/mol. The van der Waals surface area contributed by atoms with Gasteiger partial charge < -0.3 is 4.57 Å². The first-order valence-electron chi connectivity index (χ1n) is 14.0. The number of carbonyl (C=O) groups is 2. The molecule has 6 aromatic rings. The van der Waals surface area contributed by atoms with Crippen LogP contribution in [0.5, 0.6) is 0 Å². The van der Waals surface area contributed by atoms with Gasteiger partial charge in [-0.05, 0) is 56.7 Å². The van der Waals surface area contributed by atoms with Crippen LogP contribution in [-0.4, -0.2) is 20.7 Å². The second-order valence-electron chi connectivity index (χ2n) is 11.0. The lowest BCUT2D eigenvalue weighted by Crippen LogP contribution is -2.23. The lowest BCUT2D eigenvalue weighted by molar-refractivity contribution is 0.0891. The van der Waals surface area contributed by atoms with Gasteiger partial charge in [-0.15, -0.1) is 0 Å². The Bertz CT molecular complexity index is 2060. The van der Waals surface area contributed by atoms with E-state index in [1.807, 2.05) is 110 Å². The van der Waals surface area contributed by atoms with Crippen molar-refractivity contribution in [1.82, 2.24) is 9.13 Å². The molecule has 204 valence electrons. The van der Waals surface area contributed by atoms with Gasteiger partial charge in [0.2, 0.25) is 0 Å². The van der Waals surface area contributed by atoms with Gasteiger partial charge in [0.05, 0.1) is 16.6 Å². The Morgan fingerprint density at radius 3 is 1.62 bits per heavy atom. The molecule has 0 radical (unpaired) electrons. The Labute approximate surface area is 243 Å².